The highest BCUT2D eigenvalue weighted by atomic mass is 32.2. The number of rotatable bonds is 9. The molecule has 0 amide bonds. The number of para-hydroxylation sites is 1. The molecule has 1 saturated carbocycles. The lowest BCUT2D eigenvalue weighted by molar-refractivity contribution is -0.140. The molecule has 1 aliphatic carbocycles. The largest absolute Gasteiger partial charge is 0.491 e. The van der Waals surface area contributed by atoms with Crippen LogP contribution < -0.4 is 4.74 Å². The van der Waals surface area contributed by atoms with Gasteiger partial charge in [-0.1, -0.05) is 30.4 Å². The van der Waals surface area contributed by atoms with Crippen molar-refractivity contribution in [1.82, 2.24) is 0 Å². The average molecular weight is 421 g/mol. The van der Waals surface area contributed by atoms with Crippen LogP contribution in [0.15, 0.2) is 42.5 Å². The Labute approximate surface area is 177 Å². The maximum absolute atomic E-state index is 11.3. The molecule has 29 heavy (non-hydrogen) atoms. The number of benzene rings is 1. The van der Waals surface area contributed by atoms with E-state index in [1.54, 1.807) is 6.08 Å². The van der Waals surface area contributed by atoms with E-state index in [2.05, 4.69) is 0 Å². The number of hydrogen-bond donors (Lipinski definition) is 2. The van der Waals surface area contributed by atoms with Crippen molar-refractivity contribution >= 4 is 17.7 Å². The highest BCUT2D eigenvalue weighted by Crippen LogP contribution is 2.49. The van der Waals surface area contributed by atoms with Gasteiger partial charge in [0.2, 0.25) is 0 Å². The van der Waals surface area contributed by atoms with Gasteiger partial charge in [-0.15, -0.1) is 0 Å². The van der Waals surface area contributed by atoms with Crippen LogP contribution in [0.3, 0.4) is 0 Å². The van der Waals surface area contributed by atoms with E-state index in [4.69, 9.17) is 9.47 Å². The second-order valence-electron chi connectivity index (χ2n) is 7.96. The Bertz CT molecular complexity index is 664. The second kappa shape index (κ2) is 11.0. The van der Waals surface area contributed by atoms with E-state index in [0.29, 0.717) is 22.8 Å². The van der Waals surface area contributed by atoms with Gasteiger partial charge in [-0.3, -0.25) is 4.79 Å². The molecule has 6 heteroatoms. The minimum Gasteiger partial charge on any atom is -0.491 e. The second-order valence-corrected chi connectivity index (χ2v) is 9.51. The maximum Gasteiger partial charge on any atom is 0.305 e. The zero-order valence-corrected chi connectivity index (χ0v) is 17.8. The third-order valence-corrected chi connectivity index (χ3v) is 7.68. The zero-order chi connectivity index (χ0) is 20.6. The summed E-state index contributed by atoms with van der Waals surface area (Å²) in [5.41, 5.74) is 0. The van der Waals surface area contributed by atoms with Crippen molar-refractivity contribution in [3.8, 4) is 5.75 Å². The Kier molecular flexibility index (Phi) is 8.45. The first-order chi connectivity index (χ1) is 14.1. The Morgan fingerprint density at radius 1 is 1.31 bits per heavy atom. The first-order valence-corrected chi connectivity index (χ1v) is 11.5. The van der Waals surface area contributed by atoms with Crippen LogP contribution in [-0.4, -0.2) is 52.6 Å². The molecule has 0 bridgehead atoms. The summed E-state index contributed by atoms with van der Waals surface area (Å²) in [7, 11) is 1.43. The zero-order valence-electron chi connectivity index (χ0n) is 17.0. The summed E-state index contributed by atoms with van der Waals surface area (Å²) >= 11 is 1.98. The fourth-order valence-electron chi connectivity index (χ4n) is 4.40. The molecule has 3 rings (SSSR count). The van der Waals surface area contributed by atoms with Crippen molar-refractivity contribution in [2.75, 3.05) is 13.7 Å². The van der Waals surface area contributed by atoms with Gasteiger partial charge >= 0.3 is 5.97 Å². The third-order valence-electron chi connectivity index (χ3n) is 5.93. The van der Waals surface area contributed by atoms with E-state index in [1.165, 1.54) is 7.11 Å². The molecule has 2 aliphatic rings. The Hall–Kier alpha value is -1.50. The molecule has 1 heterocycles. The number of methoxy groups -OCH3 is 1. The summed E-state index contributed by atoms with van der Waals surface area (Å²) in [5.74, 6) is 1.14. The van der Waals surface area contributed by atoms with Crippen LogP contribution in [0.1, 0.15) is 38.5 Å². The number of aliphatic hydroxyl groups excluding tert-OH is 2. The van der Waals surface area contributed by atoms with Crippen LogP contribution in [0.5, 0.6) is 5.75 Å². The minimum atomic E-state index is -0.691. The van der Waals surface area contributed by atoms with Crippen molar-refractivity contribution in [1.29, 1.82) is 0 Å². The van der Waals surface area contributed by atoms with E-state index >= 15 is 0 Å². The van der Waals surface area contributed by atoms with Crippen LogP contribution in [0.4, 0.5) is 0 Å². The summed E-state index contributed by atoms with van der Waals surface area (Å²) in [5, 5.41) is 21.8. The molecule has 5 nitrogen and oxygen atoms in total. The van der Waals surface area contributed by atoms with Gasteiger partial charge < -0.3 is 19.7 Å². The molecule has 1 aromatic rings. The molecule has 2 N–H and O–H groups in total. The summed E-state index contributed by atoms with van der Waals surface area (Å²) in [6.45, 7) is 0.203. The number of ether oxygens (including phenoxy) is 2. The normalized spacial score (nSPS) is 30.1. The predicted molar refractivity (Wildman–Crippen MR) is 115 cm³/mol. The maximum atomic E-state index is 11.3. The monoisotopic (exact) mass is 420 g/mol. The molecule has 1 saturated heterocycles. The predicted octanol–water partition coefficient (Wildman–Crippen LogP) is 3.59. The number of hydrogen-bond acceptors (Lipinski definition) is 6. The Morgan fingerprint density at radius 3 is 2.86 bits per heavy atom. The van der Waals surface area contributed by atoms with E-state index in [0.717, 1.165) is 37.9 Å². The number of aliphatic hydroxyl groups is 2. The molecule has 160 valence electrons. The minimum absolute atomic E-state index is 0.0925. The summed E-state index contributed by atoms with van der Waals surface area (Å²) < 4.78 is 10.3. The smallest absolute Gasteiger partial charge is 0.305 e. The number of carbonyl (C=O) groups is 1. The fourth-order valence-corrected chi connectivity index (χ4v) is 6.30. The molecule has 0 unspecified atom stereocenters. The highest BCUT2D eigenvalue weighted by molar-refractivity contribution is 8.00. The molecule has 1 aromatic carbocycles. The van der Waals surface area contributed by atoms with Crippen molar-refractivity contribution in [2.45, 2.75) is 61.2 Å². The molecule has 1 aliphatic heterocycles. The number of esters is 1. The first-order valence-electron chi connectivity index (χ1n) is 10.5. The van der Waals surface area contributed by atoms with Crippen LogP contribution in [-0.2, 0) is 9.53 Å². The summed E-state index contributed by atoms with van der Waals surface area (Å²) in [6.07, 6.45) is 8.09. The van der Waals surface area contributed by atoms with Crippen molar-refractivity contribution in [3.05, 3.63) is 42.5 Å². The van der Waals surface area contributed by atoms with Gasteiger partial charge in [-0.2, -0.15) is 11.8 Å². The fraction of sp³-hybridized carbons (Fsp3) is 0.609. The van der Waals surface area contributed by atoms with Crippen molar-refractivity contribution < 1.29 is 24.5 Å². The molecule has 0 spiro atoms. The van der Waals surface area contributed by atoms with Gasteiger partial charge in [0, 0.05) is 22.8 Å². The topological polar surface area (TPSA) is 76.0 Å². The van der Waals surface area contributed by atoms with E-state index < -0.39 is 6.10 Å². The number of thioether (sulfide) groups is 1. The van der Waals surface area contributed by atoms with Gasteiger partial charge in [0.1, 0.15) is 18.5 Å². The van der Waals surface area contributed by atoms with E-state index in [1.807, 2.05) is 48.2 Å². The molecular formula is C23H32O5S. The lowest BCUT2D eigenvalue weighted by atomic mass is 9.88. The molecule has 2 fully saturated rings. The SMILES string of the molecule is COC(=O)CCC[C@H]1CC[C@@H]2[C@@H](C=C[C@@H](O)COc3ccccc3)[C@H](O)C[C@@H]2S1. The highest BCUT2D eigenvalue weighted by Gasteiger charge is 2.44. The first kappa shape index (κ1) is 22.2. The van der Waals surface area contributed by atoms with Crippen LogP contribution in [0, 0.1) is 11.8 Å². The van der Waals surface area contributed by atoms with Crippen molar-refractivity contribution in [2.24, 2.45) is 11.8 Å². The van der Waals surface area contributed by atoms with Crippen LogP contribution in [0.25, 0.3) is 0 Å². The molecule has 6 atom stereocenters. The quantitative estimate of drug-likeness (QED) is 0.470. The Balaban J connectivity index is 1.44. The van der Waals surface area contributed by atoms with Gasteiger partial charge in [0.25, 0.3) is 0 Å². The molecule has 0 aromatic heterocycles. The summed E-state index contributed by atoms with van der Waals surface area (Å²) in [6, 6.07) is 9.45. The summed E-state index contributed by atoms with van der Waals surface area (Å²) in [4.78, 5) is 11.3. The Morgan fingerprint density at radius 2 is 2.10 bits per heavy atom. The third kappa shape index (κ3) is 6.49. The van der Waals surface area contributed by atoms with Gasteiger partial charge in [0.05, 0.1) is 13.2 Å². The number of fused-ring (bicyclic) bond motifs is 1. The van der Waals surface area contributed by atoms with Gasteiger partial charge in [-0.05, 0) is 50.2 Å². The standard InChI is InChI=1S/C23H32O5S/c1-27-23(26)9-5-8-18-11-13-20-19(21(25)14-22(20)29-18)12-10-16(24)15-28-17-6-3-2-4-7-17/h2-4,6-7,10,12,16,18-22,24-25H,5,8-9,11,13-15H2,1H3/t16-,18+,19-,20-,21-,22+/m1/s1. The molecular weight excluding hydrogens is 388 g/mol. The molecule has 0 radical (unpaired) electrons. The van der Waals surface area contributed by atoms with E-state index in [9.17, 15) is 15.0 Å². The van der Waals surface area contributed by atoms with Gasteiger partial charge in [-0.25, -0.2) is 0 Å². The van der Waals surface area contributed by atoms with Gasteiger partial charge in [0.15, 0.2) is 0 Å². The lowest BCUT2D eigenvalue weighted by Gasteiger charge is -2.33. The van der Waals surface area contributed by atoms with E-state index in [-0.39, 0.29) is 24.6 Å². The lowest BCUT2D eigenvalue weighted by Crippen LogP contribution is -2.27. The number of carbonyl (C=O) groups excluding carboxylic acids is 1. The van der Waals surface area contributed by atoms with Crippen molar-refractivity contribution in [3.63, 3.8) is 0 Å². The average Bonchev–Trinajstić information content (AvgIpc) is 3.05. The van der Waals surface area contributed by atoms with Crippen LogP contribution in [0.2, 0.25) is 0 Å². The van der Waals surface area contributed by atoms with Crippen LogP contribution >= 0.6 is 11.8 Å².